The van der Waals surface area contributed by atoms with Crippen LogP contribution in [0.1, 0.15) is 44.0 Å². The van der Waals surface area contributed by atoms with Gasteiger partial charge in [-0.1, -0.05) is 26.7 Å². The van der Waals surface area contributed by atoms with Crippen LogP contribution >= 0.6 is 0 Å². The molecule has 0 aliphatic rings. The molecule has 100 valence electrons. The summed E-state index contributed by atoms with van der Waals surface area (Å²) in [5, 5.41) is 3.36. The van der Waals surface area contributed by atoms with E-state index in [4.69, 9.17) is 11.5 Å². The Labute approximate surface area is 109 Å². The van der Waals surface area contributed by atoms with Gasteiger partial charge in [0.05, 0.1) is 5.56 Å². The van der Waals surface area contributed by atoms with Crippen LogP contribution in [0.15, 0.2) is 18.2 Å². The van der Waals surface area contributed by atoms with Crippen LogP contribution in [0.2, 0.25) is 0 Å². The third-order valence-electron chi connectivity index (χ3n) is 3.45. The summed E-state index contributed by atoms with van der Waals surface area (Å²) in [6.45, 7) is 6.47. The van der Waals surface area contributed by atoms with Crippen LogP contribution in [-0.2, 0) is 0 Å². The first-order valence-corrected chi connectivity index (χ1v) is 6.45. The monoisotopic (exact) mass is 249 g/mol. The first-order chi connectivity index (χ1) is 8.49. The SMILES string of the molecule is CCC(CC)C(C)Nc1ccc(N)cc1C(N)=O. The van der Waals surface area contributed by atoms with Gasteiger partial charge in [-0.25, -0.2) is 0 Å². The Bertz CT molecular complexity index is 414. The van der Waals surface area contributed by atoms with Gasteiger partial charge < -0.3 is 16.8 Å². The van der Waals surface area contributed by atoms with E-state index in [0.29, 0.717) is 23.2 Å². The number of benzene rings is 1. The van der Waals surface area contributed by atoms with Crippen molar-refractivity contribution in [2.45, 2.75) is 39.7 Å². The van der Waals surface area contributed by atoms with Crippen molar-refractivity contribution in [2.24, 2.45) is 11.7 Å². The zero-order chi connectivity index (χ0) is 13.7. The van der Waals surface area contributed by atoms with Crippen LogP contribution in [0.4, 0.5) is 11.4 Å². The maximum Gasteiger partial charge on any atom is 0.250 e. The number of primary amides is 1. The molecule has 0 fully saturated rings. The molecule has 1 amide bonds. The Kier molecular flexibility index (Phi) is 5.01. The highest BCUT2D eigenvalue weighted by Crippen LogP contribution is 2.23. The number of rotatable bonds is 6. The standard InChI is InChI=1S/C14H23N3O/c1-4-10(5-2)9(3)17-13-7-6-11(15)8-12(13)14(16)18/h6-10,17H,4-5,15H2,1-3H3,(H2,16,18). The molecule has 4 nitrogen and oxygen atoms in total. The molecule has 4 heteroatoms. The molecule has 18 heavy (non-hydrogen) atoms. The second kappa shape index (κ2) is 6.28. The number of nitrogens with one attached hydrogen (secondary N) is 1. The zero-order valence-electron chi connectivity index (χ0n) is 11.4. The fourth-order valence-corrected chi connectivity index (χ4v) is 2.25. The lowest BCUT2D eigenvalue weighted by Crippen LogP contribution is -2.26. The van der Waals surface area contributed by atoms with E-state index >= 15 is 0 Å². The van der Waals surface area contributed by atoms with Crippen molar-refractivity contribution in [1.82, 2.24) is 0 Å². The summed E-state index contributed by atoms with van der Waals surface area (Å²) >= 11 is 0. The summed E-state index contributed by atoms with van der Waals surface area (Å²) < 4.78 is 0. The van der Waals surface area contributed by atoms with Gasteiger partial charge in [0.25, 0.3) is 5.91 Å². The number of carbonyl (C=O) groups is 1. The van der Waals surface area contributed by atoms with Crippen LogP contribution in [0.25, 0.3) is 0 Å². The van der Waals surface area contributed by atoms with Crippen LogP contribution in [0.3, 0.4) is 0 Å². The molecule has 0 saturated heterocycles. The van der Waals surface area contributed by atoms with Crippen LogP contribution in [-0.4, -0.2) is 11.9 Å². The Morgan fingerprint density at radius 2 is 1.94 bits per heavy atom. The molecule has 1 unspecified atom stereocenters. The van der Waals surface area contributed by atoms with E-state index in [0.717, 1.165) is 18.5 Å². The number of carbonyl (C=O) groups excluding carboxylic acids is 1. The number of amides is 1. The van der Waals surface area contributed by atoms with E-state index < -0.39 is 5.91 Å². The highest BCUT2D eigenvalue weighted by atomic mass is 16.1. The van der Waals surface area contributed by atoms with Gasteiger partial charge in [-0.2, -0.15) is 0 Å². The molecule has 0 heterocycles. The second-order valence-corrected chi connectivity index (χ2v) is 4.68. The lowest BCUT2D eigenvalue weighted by Gasteiger charge is -2.24. The average molecular weight is 249 g/mol. The molecule has 1 aromatic rings. The van der Waals surface area contributed by atoms with Gasteiger partial charge in [0.1, 0.15) is 0 Å². The predicted molar refractivity (Wildman–Crippen MR) is 76.5 cm³/mol. The number of nitrogen functional groups attached to an aromatic ring is 1. The molecular formula is C14H23N3O. The summed E-state index contributed by atoms with van der Waals surface area (Å²) in [5.41, 5.74) is 12.8. The van der Waals surface area contributed by atoms with E-state index in [1.54, 1.807) is 12.1 Å². The smallest absolute Gasteiger partial charge is 0.250 e. The summed E-state index contributed by atoms with van der Waals surface area (Å²) in [6, 6.07) is 5.49. The quantitative estimate of drug-likeness (QED) is 0.678. The van der Waals surface area contributed by atoms with Gasteiger partial charge in [-0.05, 0) is 31.0 Å². The minimum atomic E-state index is -0.457. The molecule has 0 bridgehead atoms. The summed E-state index contributed by atoms with van der Waals surface area (Å²) in [7, 11) is 0. The number of hydrogen-bond acceptors (Lipinski definition) is 3. The largest absolute Gasteiger partial charge is 0.399 e. The van der Waals surface area contributed by atoms with Crippen molar-refractivity contribution < 1.29 is 4.79 Å². The van der Waals surface area contributed by atoms with Gasteiger partial charge >= 0.3 is 0 Å². The topological polar surface area (TPSA) is 81.1 Å². The number of anilines is 2. The molecule has 0 saturated carbocycles. The Morgan fingerprint density at radius 1 is 1.33 bits per heavy atom. The molecule has 5 N–H and O–H groups in total. The third-order valence-corrected chi connectivity index (χ3v) is 3.45. The lowest BCUT2D eigenvalue weighted by atomic mass is 9.95. The van der Waals surface area contributed by atoms with Gasteiger partial charge in [-0.15, -0.1) is 0 Å². The molecule has 1 aromatic carbocycles. The number of nitrogens with two attached hydrogens (primary N) is 2. The van der Waals surface area contributed by atoms with Crippen molar-refractivity contribution in [3.05, 3.63) is 23.8 Å². The predicted octanol–water partition coefficient (Wildman–Crippen LogP) is 2.60. The van der Waals surface area contributed by atoms with E-state index in [1.807, 2.05) is 6.07 Å². The minimum Gasteiger partial charge on any atom is -0.399 e. The second-order valence-electron chi connectivity index (χ2n) is 4.68. The van der Waals surface area contributed by atoms with Gasteiger partial charge in [0, 0.05) is 17.4 Å². The fraction of sp³-hybridized carbons (Fsp3) is 0.500. The molecule has 1 atom stereocenters. The average Bonchev–Trinajstić information content (AvgIpc) is 2.32. The molecule has 0 aliphatic heterocycles. The van der Waals surface area contributed by atoms with Crippen molar-refractivity contribution in [1.29, 1.82) is 0 Å². The molecule has 0 radical (unpaired) electrons. The molecule has 0 aliphatic carbocycles. The normalized spacial score (nSPS) is 12.4. The Morgan fingerprint density at radius 3 is 2.44 bits per heavy atom. The van der Waals surface area contributed by atoms with Crippen LogP contribution in [0, 0.1) is 5.92 Å². The molecule has 0 spiro atoms. The molecular weight excluding hydrogens is 226 g/mol. The van der Waals surface area contributed by atoms with Gasteiger partial charge in [0.2, 0.25) is 0 Å². The maximum atomic E-state index is 11.4. The van der Waals surface area contributed by atoms with Crippen molar-refractivity contribution >= 4 is 17.3 Å². The highest BCUT2D eigenvalue weighted by molar-refractivity contribution is 5.99. The third kappa shape index (κ3) is 3.39. The summed E-state index contributed by atoms with van der Waals surface area (Å²) in [4.78, 5) is 11.4. The van der Waals surface area contributed by atoms with E-state index in [1.165, 1.54) is 0 Å². The van der Waals surface area contributed by atoms with Crippen molar-refractivity contribution in [3.8, 4) is 0 Å². The summed E-state index contributed by atoms with van der Waals surface area (Å²) in [5.74, 6) is 0.116. The Balaban J connectivity index is 2.93. The molecule has 0 aromatic heterocycles. The van der Waals surface area contributed by atoms with Crippen molar-refractivity contribution in [3.63, 3.8) is 0 Å². The van der Waals surface area contributed by atoms with E-state index in [-0.39, 0.29) is 0 Å². The fourth-order valence-electron chi connectivity index (χ4n) is 2.25. The first-order valence-electron chi connectivity index (χ1n) is 6.45. The van der Waals surface area contributed by atoms with E-state index in [9.17, 15) is 4.79 Å². The zero-order valence-corrected chi connectivity index (χ0v) is 11.4. The first kappa shape index (κ1) is 14.4. The highest BCUT2D eigenvalue weighted by Gasteiger charge is 2.16. The maximum absolute atomic E-state index is 11.4. The summed E-state index contributed by atoms with van der Waals surface area (Å²) in [6.07, 6.45) is 2.21. The van der Waals surface area contributed by atoms with Crippen LogP contribution in [0.5, 0.6) is 0 Å². The lowest BCUT2D eigenvalue weighted by molar-refractivity contribution is 0.100. The molecule has 1 rings (SSSR count). The van der Waals surface area contributed by atoms with Crippen molar-refractivity contribution in [2.75, 3.05) is 11.1 Å². The number of hydrogen-bond donors (Lipinski definition) is 3. The van der Waals surface area contributed by atoms with Crippen LogP contribution < -0.4 is 16.8 Å². The van der Waals surface area contributed by atoms with Gasteiger partial charge in [-0.3, -0.25) is 4.79 Å². The Hall–Kier alpha value is -1.71. The minimum absolute atomic E-state index is 0.293. The van der Waals surface area contributed by atoms with Gasteiger partial charge in [0.15, 0.2) is 0 Å². The van der Waals surface area contributed by atoms with E-state index in [2.05, 4.69) is 26.1 Å².